The Hall–Kier alpha value is -1.20. The first-order valence-electron chi connectivity index (χ1n) is 7.37. The fourth-order valence-corrected chi connectivity index (χ4v) is 4.84. The summed E-state index contributed by atoms with van der Waals surface area (Å²) < 4.78 is 0. The van der Waals surface area contributed by atoms with Gasteiger partial charge in [-0.25, -0.2) is 0 Å². The van der Waals surface area contributed by atoms with E-state index in [4.69, 9.17) is 11.6 Å². The van der Waals surface area contributed by atoms with Crippen molar-refractivity contribution in [3.8, 4) is 0 Å². The standard InChI is InChI=1S/C16H19ClN2O2S/c1-16-8-7-14(20)19(16)13(10-22-16)15(21)18(2)9-11-5-3-4-6-12(11)17/h3-6,13H,7-10H2,1-2H3/t13-,16-/m0/s1. The van der Waals surface area contributed by atoms with E-state index in [1.807, 2.05) is 24.3 Å². The van der Waals surface area contributed by atoms with E-state index in [0.717, 1.165) is 12.0 Å². The van der Waals surface area contributed by atoms with Crippen LogP contribution in [0.25, 0.3) is 0 Å². The summed E-state index contributed by atoms with van der Waals surface area (Å²) in [5.74, 6) is 0.761. The van der Waals surface area contributed by atoms with E-state index in [1.54, 1.807) is 28.6 Å². The zero-order chi connectivity index (χ0) is 15.9. The van der Waals surface area contributed by atoms with Gasteiger partial charge in [-0.05, 0) is 25.0 Å². The van der Waals surface area contributed by atoms with Gasteiger partial charge in [-0.3, -0.25) is 9.59 Å². The van der Waals surface area contributed by atoms with Gasteiger partial charge in [-0.15, -0.1) is 11.8 Å². The van der Waals surface area contributed by atoms with Crippen molar-refractivity contribution >= 4 is 35.2 Å². The van der Waals surface area contributed by atoms with E-state index in [2.05, 4.69) is 6.92 Å². The van der Waals surface area contributed by atoms with Crippen molar-refractivity contribution in [2.75, 3.05) is 12.8 Å². The summed E-state index contributed by atoms with van der Waals surface area (Å²) >= 11 is 7.87. The Kier molecular flexibility index (Phi) is 4.12. The molecule has 0 spiro atoms. The summed E-state index contributed by atoms with van der Waals surface area (Å²) in [7, 11) is 1.77. The number of halogens is 1. The molecule has 1 aromatic carbocycles. The first-order chi connectivity index (χ1) is 10.4. The number of carbonyl (C=O) groups is 2. The molecule has 0 aromatic heterocycles. The van der Waals surface area contributed by atoms with Gasteiger partial charge >= 0.3 is 0 Å². The first-order valence-corrected chi connectivity index (χ1v) is 8.73. The van der Waals surface area contributed by atoms with Crippen molar-refractivity contribution in [3.05, 3.63) is 34.9 Å². The number of rotatable bonds is 3. The number of likely N-dealkylation sites (N-methyl/N-ethyl adjacent to an activating group) is 1. The maximum atomic E-state index is 12.8. The monoisotopic (exact) mass is 338 g/mol. The summed E-state index contributed by atoms with van der Waals surface area (Å²) in [5.41, 5.74) is 0.918. The maximum absolute atomic E-state index is 12.8. The highest BCUT2D eigenvalue weighted by Gasteiger charge is 2.53. The van der Waals surface area contributed by atoms with Crippen LogP contribution in [-0.4, -0.2) is 45.3 Å². The number of carbonyl (C=O) groups excluding carboxylic acids is 2. The third-order valence-corrected chi connectivity index (χ3v) is 6.35. The largest absolute Gasteiger partial charge is 0.340 e. The van der Waals surface area contributed by atoms with Crippen LogP contribution in [0.2, 0.25) is 5.02 Å². The van der Waals surface area contributed by atoms with Crippen LogP contribution in [0.1, 0.15) is 25.3 Å². The van der Waals surface area contributed by atoms with Gasteiger partial charge in [0.15, 0.2) is 0 Å². The highest BCUT2D eigenvalue weighted by atomic mass is 35.5. The third-order valence-electron chi connectivity index (χ3n) is 4.47. The van der Waals surface area contributed by atoms with Gasteiger partial charge in [0, 0.05) is 30.8 Å². The minimum atomic E-state index is -0.350. The van der Waals surface area contributed by atoms with E-state index < -0.39 is 0 Å². The van der Waals surface area contributed by atoms with Crippen molar-refractivity contribution in [1.29, 1.82) is 0 Å². The molecule has 2 saturated heterocycles. The van der Waals surface area contributed by atoms with E-state index >= 15 is 0 Å². The van der Waals surface area contributed by atoms with Gasteiger partial charge in [0.05, 0.1) is 4.87 Å². The SMILES string of the molecule is CN(Cc1ccccc1Cl)C(=O)[C@@H]1CS[C@@]2(C)CCC(=O)N12. The normalized spacial score (nSPS) is 27.1. The van der Waals surface area contributed by atoms with Crippen LogP contribution in [0.5, 0.6) is 0 Å². The predicted octanol–water partition coefficient (Wildman–Crippen LogP) is 2.75. The number of nitrogens with zero attached hydrogens (tertiary/aromatic N) is 2. The van der Waals surface area contributed by atoms with Gasteiger partial charge in [0.1, 0.15) is 6.04 Å². The highest BCUT2D eigenvalue weighted by molar-refractivity contribution is 8.01. The van der Waals surface area contributed by atoms with E-state index in [9.17, 15) is 9.59 Å². The fourth-order valence-electron chi connectivity index (χ4n) is 3.22. The molecule has 0 saturated carbocycles. The highest BCUT2D eigenvalue weighted by Crippen LogP contribution is 2.47. The molecule has 2 atom stereocenters. The van der Waals surface area contributed by atoms with Gasteiger partial charge in [0.25, 0.3) is 0 Å². The van der Waals surface area contributed by atoms with Crippen molar-refractivity contribution in [2.24, 2.45) is 0 Å². The molecule has 2 amide bonds. The lowest BCUT2D eigenvalue weighted by molar-refractivity contribution is -0.143. The Labute approximate surface area is 139 Å². The van der Waals surface area contributed by atoms with Crippen molar-refractivity contribution < 1.29 is 9.59 Å². The summed E-state index contributed by atoms with van der Waals surface area (Å²) in [6.07, 6.45) is 1.37. The number of benzene rings is 1. The van der Waals surface area contributed by atoms with E-state index in [0.29, 0.717) is 23.7 Å². The molecule has 0 aliphatic carbocycles. The Morgan fingerprint density at radius 2 is 2.23 bits per heavy atom. The van der Waals surface area contributed by atoms with Crippen LogP contribution in [0.3, 0.4) is 0 Å². The summed E-state index contributed by atoms with van der Waals surface area (Å²) in [4.78, 5) is 28.2. The first kappa shape index (κ1) is 15.7. The molecule has 2 aliphatic rings. The molecule has 2 fully saturated rings. The molecule has 6 heteroatoms. The van der Waals surface area contributed by atoms with Gasteiger partial charge in [0.2, 0.25) is 11.8 Å². The number of amides is 2. The van der Waals surface area contributed by atoms with Crippen LogP contribution in [-0.2, 0) is 16.1 Å². The summed E-state index contributed by atoms with van der Waals surface area (Å²) in [6, 6.07) is 7.17. The fraction of sp³-hybridized carbons (Fsp3) is 0.500. The molecule has 118 valence electrons. The van der Waals surface area contributed by atoms with Crippen LogP contribution < -0.4 is 0 Å². The minimum absolute atomic E-state index is 0.00797. The van der Waals surface area contributed by atoms with Crippen LogP contribution in [0.4, 0.5) is 0 Å². The summed E-state index contributed by atoms with van der Waals surface area (Å²) in [6.45, 7) is 2.52. The van der Waals surface area contributed by atoms with Gasteiger partial charge < -0.3 is 9.80 Å². The molecule has 22 heavy (non-hydrogen) atoms. The lowest BCUT2D eigenvalue weighted by Gasteiger charge is -2.32. The van der Waals surface area contributed by atoms with Crippen molar-refractivity contribution in [1.82, 2.24) is 9.80 Å². The number of hydrogen-bond acceptors (Lipinski definition) is 3. The summed E-state index contributed by atoms with van der Waals surface area (Å²) in [5, 5.41) is 0.657. The predicted molar refractivity (Wildman–Crippen MR) is 88.7 cm³/mol. The quantitative estimate of drug-likeness (QED) is 0.851. The van der Waals surface area contributed by atoms with E-state index in [1.165, 1.54) is 0 Å². The molecule has 0 N–H and O–H groups in total. The molecule has 2 heterocycles. The number of thioether (sulfide) groups is 1. The zero-order valence-electron chi connectivity index (χ0n) is 12.7. The topological polar surface area (TPSA) is 40.6 Å². The third kappa shape index (κ3) is 2.61. The second kappa shape index (κ2) is 5.78. The molecule has 0 radical (unpaired) electrons. The number of fused-ring (bicyclic) bond motifs is 1. The molecule has 2 aliphatic heterocycles. The minimum Gasteiger partial charge on any atom is -0.340 e. The lowest BCUT2D eigenvalue weighted by atomic mass is 10.1. The molecule has 1 aromatic rings. The lowest BCUT2D eigenvalue weighted by Crippen LogP contribution is -2.50. The maximum Gasteiger partial charge on any atom is 0.246 e. The smallest absolute Gasteiger partial charge is 0.246 e. The van der Waals surface area contributed by atoms with E-state index in [-0.39, 0.29) is 22.7 Å². The van der Waals surface area contributed by atoms with Crippen LogP contribution in [0, 0.1) is 0 Å². The van der Waals surface area contributed by atoms with Gasteiger partial charge in [-0.1, -0.05) is 29.8 Å². The van der Waals surface area contributed by atoms with Gasteiger partial charge in [-0.2, -0.15) is 0 Å². The molecule has 0 bridgehead atoms. The Bertz CT molecular complexity index is 624. The molecule has 3 rings (SSSR count). The Morgan fingerprint density at radius 1 is 1.50 bits per heavy atom. The second-order valence-electron chi connectivity index (χ2n) is 6.05. The molecule has 4 nitrogen and oxygen atoms in total. The molecular formula is C16H19ClN2O2S. The van der Waals surface area contributed by atoms with Crippen molar-refractivity contribution in [3.63, 3.8) is 0 Å². The Balaban J connectivity index is 1.74. The second-order valence-corrected chi connectivity index (χ2v) is 7.96. The number of hydrogen-bond donors (Lipinski definition) is 0. The Morgan fingerprint density at radius 3 is 2.95 bits per heavy atom. The molecule has 0 unspecified atom stereocenters. The van der Waals surface area contributed by atoms with Crippen molar-refractivity contribution in [2.45, 2.75) is 37.2 Å². The average molecular weight is 339 g/mol. The average Bonchev–Trinajstić information content (AvgIpc) is 2.98. The zero-order valence-corrected chi connectivity index (χ0v) is 14.3. The van der Waals surface area contributed by atoms with Crippen LogP contribution in [0.15, 0.2) is 24.3 Å². The van der Waals surface area contributed by atoms with Crippen LogP contribution >= 0.6 is 23.4 Å². The molecular weight excluding hydrogens is 320 g/mol.